The molecule has 25 heavy (non-hydrogen) atoms. The van der Waals surface area contributed by atoms with Crippen molar-refractivity contribution in [3.8, 4) is 11.8 Å². The molecule has 4 aliphatic rings. The quantitative estimate of drug-likeness (QED) is 0.510. The molecule has 0 bridgehead atoms. The minimum Gasteiger partial charge on any atom is -0.377 e. The SMILES string of the molecule is C[C@]12CC[C@H]3[C@@H](CCC4=CC(=O)CC[C@@H]43)[C@@H]1CC[C@@]2(O)C#CCCBr. The second kappa shape index (κ2) is 6.54. The van der Waals surface area contributed by atoms with Gasteiger partial charge in [0, 0.05) is 23.6 Å². The lowest BCUT2D eigenvalue weighted by molar-refractivity contribution is -0.116. The first-order valence-electron chi connectivity index (χ1n) is 10.0. The van der Waals surface area contributed by atoms with Gasteiger partial charge in [-0.1, -0.05) is 40.3 Å². The highest BCUT2D eigenvalue weighted by Gasteiger charge is 2.61. The first-order valence-corrected chi connectivity index (χ1v) is 11.1. The summed E-state index contributed by atoms with van der Waals surface area (Å²) in [5.41, 5.74) is 0.578. The van der Waals surface area contributed by atoms with Crippen LogP contribution >= 0.6 is 15.9 Å². The van der Waals surface area contributed by atoms with Gasteiger partial charge in [0.25, 0.3) is 0 Å². The summed E-state index contributed by atoms with van der Waals surface area (Å²) in [5, 5.41) is 12.3. The van der Waals surface area contributed by atoms with Gasteiger partial charge in [0.1, 0.15) is 5.60 Å². The summed E-state index contributed by atoms with van der Waals surface area (Å²) in [5.74, 6) is 9.48. The van der Waals surface area contributed by atoms with Crippen molar-refractivity contribution in [1.82, 2.24) is 0 Å². The normalized spacial score (nSPS) is 45.6. The topological polar surface area (TPSA) is 37.3 Å². The molecule has 4 aliphatic carbocycles. The summed E-state index contributed by atoms with van der Waals surface area (Å²) in [4.78, 5) is 11.8. The molecular formula is C22H29BrO2. The molecule has 0 heterocycles. The first kappa shape index (κ1) is 17.8. The molecule has 0 aromatic rings. The molecule has 1 N–H and O–H groups in total. The highest BCUT2D eigenvalue weighted by atomic mass is 79.9. The summed E-state index contributed by atoms with van der Waals surface area (Å²) in [6, 6.07) is 0. The van der Waals surface area contributed by atoms with E-state index in [0.717, 1.165) is 56.2 Å². The van der Waals surface area contributed by atoms with E-state index in [2.05, 4.69) is 34.7 Å². The number of carbonyl (C=O) groups excluding carboxylic acids is 1. The Morgan fingerprint density at radius 2 is 2.04 bits per heavy atom. The number of alkyl halides is 1. The molecule has 0 aromatic heterocycles. The molecule has 3 saturated carbocycles. The van der Waals surface area contributed by atoms with Gasteiger partial charge in [0.15, 0.2) is 5.78 Å². The van der Waals surface area contributed by atoms with E-state index in [4.69, 9.17) is 0 Å². The summed E-state index contributed by atoms with van der Waals surface area (Å²) in [7, 11) is 0. The van der Waals surface area contributed by atoms with E-state index in [1.807, 2.05) is 6.08 Å². The van der Waals surface area contributed by atoms with Crippen LogP contribution in [0.5, 0.6) is 0 Å². The Morgan fingerprint density at radius 3 is 2.84 bits per heavy atom. The molecule has 0 radical (unpaired) electrons. The minimum atomic E-state index is -0.802. The maximum absolute atomic E-state index is 11.8. The number of fused-ring (bicyclic) bond motifs is 5. The zero-order valence-electron chi connectivity index (χ0n) is 15.2. The molecule has 0 aromatic carbocycles. The van der Waals surface area contributed by atoms with Crippen molar-refractivity contribution in [2.75, 3.05) is 5.33 Å². The van der Waals surface area contributed by atoms with E-state index in [1.165, 1.54) is 18.4 Å². The van der Waals surface area contributed by atoms with E-state index in [1.54, 1.807) is 0 Å². The number of halogens is 1. The zero-order valence-corrected chi connectivity index (χ0v) is 16.8. The predicted molar refractivity (Wildman–Crippen MR) is 103 cm³/mol. The molecule has 0 saturated heterocycles. The third kappa shape index (κ3) is 2.76. The van der Waals surface area contributed by atoms with Crippen molar-refractivity contribution in [3.05, 3.63) is 11.6 Å². The van der Waals surface area contributed by atoms with Crippen molar-refractivity contribution < 1.29 is 9.90 Å². The van der Waals surface area contributed by atoms with Crippen LogP contribution in [0.25, 0.3) is 0 Å². The molecule has 0 aliphatic heterocycles. The fourth-order valence-electron chi connectivity index (χ4n) is 6.66. The Labute approximate surface area is 160 Å². The van der Waals surface area contributed by atoms with E-state index >= 15 is 0 Å². The van der Waals surface area contributed by atoms with Crippen molar-refractivity contribution in [3.63, 3.8) is 0 Å². The fraction of sp³-hybridized carbons (Fsp3) is 0.773. The summed E-state index contributed by atoms with van der Waals surface area (Å²) in [6.07, 6.45) is 11.1. The van der Waals surface area contributed by atoms with Crippen LogP contribution in [0, 0.1) is 40.9 Å². The van der Waals surface area contributed by atoms with Crippen LogP contribution in [0.1, 0.15) is 64.7 Å². The number of hydrogen-bond donors (Lipinski definition) is 1. The van der Waals surface area contributed by atoms with Crippen LogP contribution in [0.15, 0.2) is 11.6 Å². The van der Waals surface area contributed by atoms with Gasteiger partial charge in [-0.3, -0.25) is 4.79 Å². The van der Waals surface area contributed by atoms with Crippen LogP contribution in [0.2, 0.25) is 0 Å². The Bertz CT molecular complexity index is 657. The highest BCUT2D eigenvalue weighted by Crippen LogP contribution is 2.64. The molecule has 0 spiro atoms. The molecule has 3 heteroatoms. The zero-order chi connectivity index (χ0) is 17.7. The van der Waals surface area contributed by atoms with Crippen LogP contribution in [0.3, 0.4) is 0 Å². The second-order valence-electron chi connectivity index (χ2n) is 8.90. The largest absolute Gasteiger partial charge is 0.377 e. The van der Waals surface area contributed by atoms with E-state index in [9.17, 15) is 9.90 Å². The molecule has 0 amide bonds. The number of rotatable bonds is 1. The number of carbonyl (C=O) groups is 1. The fourth-order valence-corrected chi connectivity index (χ4v) is 6.86. The smallest absolute Gasteiger partial charge is 0.155 e. The van der Waals surface area contributed by atoms with E-state index in [0.29, 0.717) is 23.5 Å². The number of aliphatic hydroxyl groups is 1. The van der Waals surface area contributed by atoms with Gasteiger partial charge < -0.3 is 5.11 Å². The molecular weight excluding hydrogens is 376 g/mol. The monoisotopic (exact) mass is 404 g/mol. The lowest BCUT2D eigenvalue weighted by Crippen LogP contribution is -2.52. The van der Waals surface area contributed by atoms with Crippen LogP contribution in [-0.2, 0) is 4.79 Å². The summed E-state index contributed by atoms with van der Waals surface area (Å²) in [6.45, 7) is 2.31. The molecule has 0 unspecified atom stereocenters. The molecule has 4 rings (SSSR count). The van der Waals surface area contributed by atoms with Crippen LogP contribution in [0.4, 0.5) is 0 Å². The van der Waals surface area contributed by atoms with Gasteiger partial charge in [-0.2, -0.15) is 0 Å². The maximum atomic E-state index is 11.8. The highest BCUT2D eigenvalue weighted by molar-refractivity contribution is 9.09. The van der Waals surface area contributed by atoms with Crippen LogP contribution in [-0.4, -0.2) is 21.8 Å². The Balaban J connectivity index is 1.59. The van der Waals surface area contributed by atoms with E-state index < -0.39 is 5.60 Å². The predicted octanol–water partition coefficient (Wildman–Crippen LogP) is 4.65. The van der Waals surface area contributed by atoms with Crippen molar-refractivity contribution in [2.24, 2.45) is 29.1 Å². The first-order chi connectivity index (χ1) is 12.0. The molecule has 2 nitrogen and oxygen atoms in total. The van der Waals surface area contributed by atoms with Gasteiger partial charge in [0.05, 0.1) is 0 Å². The Morgan fingerprint density at radius 1 is 1.20 bits per heavy atom. The number of allylic oxidation sites excluding steroid dienone is 1. The van der Waals surface area contributed by atoms with Crippen LogP contribution < -0.4 is 0 Å². The van der Waals surface area contributed by atoms with Crippen molar-refractivity contribution in [1.29, 1.82) is 0 Å². The van der Waals surface area contributed by atoms with Gasteiger partial charge >= 0.3 is 0 Å². The van der Waals surface area contributed by atoms with Gasteiger partial charge in [-0.25, -0.2) is 0 Å². The van der Waals surface area contributed by atoms with Gasteiger partial charge in [0.2, 0.25) is 0 Å². The second-order valence-corrected chi connectivity index (χ2v) is 9.69. The summed E-state index contributed by atoms with van der Waals surface area (Å²) < 4.78 is 0. The van der Waals surface area contributed by atoms with Crippen molar-refractivity contribution >= 4 is 21.7 Å². The lowest BCUT2D eigenvalue weighted by Gasteiger charge is -2.54. The summed E-state index contributed by atoms with van der Waals surface area (Å²) >= 11 is 3.43. The third-order valence-corrected chi connectivity index (χ3v) is 8.36. The third-order valence-electron chi connectivity index (χ3n) is 7.97. The van der Waals surface area contributed by atoms with E-state index in [-0.39, 0.29) is 5.41 Å². The molecule has 136 valence electrons. The van der Waals surface area contributed by atoms with Crippen molar-refractivity contribution in [2.45, 2.75) is 70.3 Å². The lowest BCUT2D eigenvalue weighted by atomic mass is 9.50. The average Bonchev–Trinajstić information content (AvgIpc) is 2.86. The maximum Gasteiger partial charge on any atom is 0.155 e. The standard InChI is InChI=1S/C22H29BrO2/c1-21-11-8-18-17-7-5-16(24)14-15(17)4-6-19(18)20(21)9-12-22(21,25)10-2-3-13-23/h14,17-20,25H,3-9,11-13H2,1H3/t17-,18+,19+,20-,21-,22-/m0/s1. The van der Waals surface area contributed by atoms with Gasteiger partial charge in [-0.15, -0.1) is 0 Å². The molecule has 3 fully saturated rings. The Hall–Kier alpha value is -0.590. The minimum absolute atomic E-state index is 0.0564. The Kier molecular flexibility index (Phi) is 4.66. The molecule has 6 atom stereocenters. The average molecular weight is 405 g/mol. The number of ketones is 1. The number of hydrogen-bond acceptors (Lipinski definition) is 2. The van der Waals surface area contributed by atoms with Gasteiger partial charge in [-0.05, 0) is 74.7 Å².